The zero-order valence-corrected chi connectivity index (χ0v) is 10.6. The van der Waals surface area contributed by atoms with Crippen molar-refractivity contribution >= 4 is 11.3 Å². The molecule has 2 aromatic heterocycles. The van der Waals surface area contributed by atoms with E-state index in [0.717, 1.165) is 17.8 Å². The molecule has 1 aliphatic carbocycles. The van der Waals surface area contributed by atoms with Gasteiger partial charge in [-0.3, -0.25) is 0 Å². The predicted molar refractivity (Wildman–Crippen MR) is 70.1 cm³/mol. The van der Waals surface area contributed by atoms with Crippen molar-refractivity contribution < 1.29 is 0 Å². The number of aromatic nitrogens is 2. The first-order chi connectivity index (χ1) is 8.38. The topological polar surface area (TPSA) is 37.8 Å². The maximum Gasteiger partial charge on any atom is 0.160 e. The summed E-state index contributed by atoms with van der Waals surface area (Å²) < 4.78 is 0. The minimum absolute atomic E-state index is 0.426. The zero-order chi connectivity index (χ0) is 11.7. The van der Waals surface area contributed by atoms with Crippen LogP contribution in [-0.2, 0) is 6.42 Å². The van der Waals surface area contributed by atoms with Crippen molar-refractivity contribution in [3.63, 3.8) is 0 Å². The van der Waals surface area contributed by atoms with E-state index < -0.39 is 0 Å². The highest BCUT2D eigenvalue weighted by Gasteiger charge is 2.20. The van der Waals surface area contributed by atoms with Crippen LogP contribution < -0.4 is 5.32 Å². The van der Waals surface area contributed by atoms with Crippen LogP contribution in [0.3, 0.4) is 0 Å². The Bertz CT molecular complexity index is 507. The molecule has 0 aromatic carbocycles. The molecule has 1 unspecified atom stereocenters. The van der Waals surface area contributed by atoms with E-state index >= 15 is 0 Å². The molecule has 17 heavy (non-hydrogen) atoms. The summed E-state index contributed by atoms with van der Waals surface area (Å²) in [6.45, 7) is 0. The van der Waals surface area contributed by atoms with Crippen LogP contribution in [0.25, 0.3) is 11.4 Å². The van der Waals surface area contributed by atoms with Crippen LogP contribution in [0, 0.1) is 0 Å². The molecule has 3 rings (SSSR count). The Morgan fingerprint density at radius 3 is 3.18 bits per heavy atom. The monoisotopic (exact) mass is 245 g/mol. The molecule has 1 N–H and O–H groups in total. The van der Waals surface area contributed by atoms with E-state index in [4.69, 9.17) is 4.98 Å². The van der Waals surface area contributed by atoms with Crippen LogP contribution in [0.1, 0.15) is 30.1 Å². The molecule has 0 radical (unpaired) electrons. The first kappa shape index (κ1) is 10.9. The first-order valence-corrected chi connectivity index (χ1v) is 6.88. The van der Waals surface area contributed by atoms with E-state index in [2.05, 4.69) is 27.1 Å². The highest BCUT2D eigenvalue weighted by Crippen LogP contribution is 2.29. The van der Waals surface area contributed by atoms with Gasteiger partial charge in [-0.2, -0.15) is 11.3 Å². The van der Waals surface area contributed by atoms with E-state index in [1.54, 1.807) is 11.3 Å². The van der Waals surface area contributed by atoms with E-state index in [0.29, 0.717) is 6.04 Å². The summed E-state index contributed by atoms with van der Waals surface area (Å²) in [5, 5.41) is 7.50. The van der Waals surface area contributed by atoms with Crippen LogP contribution >= 0.6 is 11.3 Å². The van der Waals surface area contributed by atoms with Gasteiger partial charge in [-0.1, -0.05) is 0 Å². The molecule has 0 aliphatic heterocycles. The Morgan fingerprint density at radius 2 is 2.41 bits per heavy atom. The van der Waals surface area contributed by atoms with E-state index in [9.17, 15) is 0 Å². The lowest BCUT2D eigenvalue weighted by atomic mass is 9.92. The van der Waals surface area contributed by atoms with Gasteiger partial charge in [-0.25, -0.2) is 9.97 Å². The molecule has 2 heterocycles. The van der Waals surface area contributed by atoms with Gasteiger partial charge in [0.1, 0.15) is 0 Å². The van der Waals surface area contributed by atoms with Crippen molar-refractivity contribution in [2.24, 2.45) is 0 Å². The molecule has 1 atom stereocenters. The van der Waals surface area contributed by atoms with Gasteiger partial charge in [0, 0.05) is 34.4 Å². The lowest BCUT2D eigenvalue weighted by molar-refractivity contribution is 0.488. The zero-order valence-electron chi connectivity index (χ0n) is 9.81. The molecular weight excluding hydrogens is 230 g/mol. The SMILES string of the molecule is CNC1CCCc2nc(-c3ccsc3)ncc21. The standard InChI is InChI=1S/C13H15N3S/c1-14-11-3-2-4-12-10(11)7-15-13(16-12)9-5-6-17-8-9/h5-8,11,14H,2-4H2,1H3. The largest absolute Gasteiger partial charge is 0.313 e. The predicted octanol–water partition coefficient (Wildman–Crippen LogP) is 2.80. The molecule has 0 fully saturated rings. The van der Waals surface area contributed by atoms with Gasteiger partial charge in [0.2, 0.25) is 0 Å². The second-order valence-corrected chi connectivity index (χ2v) is 5.12. The van der Waals surface area contributed by atoms with Crippen molar-refractivity contribution in [1.82, 2.24) is 15.3 Å². The molecule has 0 saturated carbocycles. The van der Waals surface area contributed by atoms with E-state index in [1.807, 2.05) is 13.2 Å². The van der Waals surface area contributed by atoms with Gasteiger partial charge < -0.3 is 5.32 Å². The normalized spacial score (nSPS) is 19.0. The third-order valence-corrected chi connectivity index (χ3v) is 3.99. The van der Waals surface area contributed by atoms with Gasteiger partial charge >= 0.3 is 0 Å². The fraction of sp³-hybridized carbons (Fsp3) is 0.385. The lowest BCUT2D eigenvalue weighted by Crippen LogP contribution is -2.22. The fourth-order valence-electron chi connectivity index (χ4n) is 2.38. The molecule has 88 valence electrons. The van der Waals surface area contributed by atoms with Crippen LogP contribution in [0.15, 0.2) is 23.0 Å². The quantitative estimate of drug-likeness (QED) is 0.884. The highest BCUT2D eigenvalue weighted by atomic mass is 32.1. The highest BCUT2D eigenvalue weighted by molar-refractivity contribution is 7.08. The van der Waals surface area contributed by atoms with Crippen LogP contribution in [0.5, 0.6) is 0 Å². The van der Waals surface area contributed by atoms with Gasteiger partial charge in [0.15, 0.2) is 5.82 Å². The summed E-state index contributed by atoms with van der Waals surface area (Å²) in [4.78, 5) is 9.20. The Balaban J connectivity index is 2.02. The Labute approximate surface area is 105 Å². The minimum atomic E-state index is 0.426. The first-order valence-electron chi connectivity index (χ1n) is 5.94. The van der Waals surface area contributed by atoms with E-state index in [1.165, 1.54) is 24.1 Å². The number of aryl methyl sites for hydroxylation is 1. The number of thiophene rings is 1. The number of nitrogens with one attached hydrogen (secondary N) is 1. The number of rotatable bonds is 2. The smallest absolute Gasteiger partial charge is 0.160 e. The fourth-order valence-corrected chi connectivity index (χ4v) is 3.01. The summed E-state index contributed by atoms with van der Waals surface area (Å²) in [7, 11) is 2.01. The van der Waals surface area contributed by atoms with Crippen LogP contribution in [0.2, 0.25) is 0 Å². The molecule has 0 amide bonds. The number of fused-ring (bicyclic) bond motifs is 1. The Morgan fingerprint density at radius 1 is 1.47 bits per heavy atom. The summed E-state index contributed by atoms with van der Waals surface area (Å²) in [5.74, 6) is 0.863. The van der Waals surface area contributed by atoms with Crippen LogP contribution in [0.4, 0.5) is 0 Å². The molecule has 1 aliphatic rings. The summed E-state index contributed by atoms with van der Waals surface area (Å²) in [5.41, 5.74) is 3.62. The van der Waals surface area contributed by atoms with Gasteiger partial charge in [-0.05, 0) is 37.8 Å². The van der Waals surface area contributed by atoms with Gasteiger partial charge in [0.25, 0.3) is 0 Å². The average Bonchev–Trinajstić information content (AvgIpc) is 2.91. The summed E-state index contributed by atoms with van der Waals surface area (Å²) in [6.07, 6.45) is 5.46. The molecule has 0 spiro atoms. The van der Waals surface area contributed by atoms with Gasteiger partial charge in [-0.15, -0.1) is 0 Å². The third kappa shape index (κ3) is 1.98. The number of hydrogen-bond acceptors (Lipinski definition) is 4. The molecule has 4 heteroatoms. The van der Waals surface area contributed by atoms with Crippen molar-refractivity contribution in [1.29, 1.82) is 0 Å². The second kappa shape index (κ2) is 4.55. The van der Waals surface area contributed by atoms with Gasteiger partial charge in [0.05, 0.1) is 0 Å². The number of nitrogens with zero attached hydrogens (tertiary/aromatic N) is 2. The maximum atomic E-state index is 4.71. The molecule has 2 aromatic rings. The summed E-state index contributed by atoms with van der Waals surface area (Å²) in [6, 6.07) is 2.50. The maximum absolute atomic E-state index is 4.71. The third-order valence-electron chi connectivity index (χ3n) is 3.31. The van der Waals surface area contributed by atoms with Crippen molar-refractivity contribution in [3.8, 4) is 11.4 Å². The van der Waals surface area contributed by atoms with Crippen molar-refractivity contribution in [2.45, 2.75) is 25.3 Å². The Hall–Kier alpha value is -1.26. The lowest BCUT2D eigenvalue weighted by Gasteiger charge is -2.23. The molecular formula is C13H15N3S. The van der Waals surface area contributed by atoms with Crippen molar-refractivity contribution in [3.05, 3.63) is 34.3 Å². The molecule has 0 saturated heterocycles. The Kier molecular flexibility index (Phi) is 2.91. The van der Waals surface area contributed by atoms with Crippen LogP contribution in [-0.4, -0.2) is 17.0 Å². The average molecular weight is 245 g/mol. The van der Waals surface area contributed by atoms with Crippen molar-refractivity contribution in [2.75, 3.05) is 7.05 Å². The summed E-state index contributed by atoms with van der Waals surface area (Å²) >= 11 is 1.68. The minimum Gasteiger partial charge on any atom is -0.313 e. The second-order valence-electron chi connectivity index (χ2n) is 4.34. The molecule has 0 bridgehead atoms. The van der Waals surface area contributed by atoms with E-state index in [-0.39, 0.29) is 0 Å². The molecule has 3 nitrogen and oxygen atoms in total. The number of hydrogen-bond donors (Lipinski definition) is 1.